The molecule has 2 aromatic rings. The average molecular weight is 576 g/mol. The molecule has 37 heavy (non-hydrogen) atoms. The minimum absolute atomic E-state index is 0. The van der Waals surface area contributed by atoms with Gasteiger partial charge >= 0.3 is 5.97 Å². The molecular formula is C31H48CuN2O2S. The fourth-order valence-corrected chi connectivity index (χ4v) is 4.22. The van der Waals surface area contributed by atoms with Crippen LogP contribution in [0.15, 0.2) is 60.7 Å². The Balaban J connectivity index is 0.000000694. The average Bonchev–Trinajstić information content (AvgIpc) is 2.88. The number of carboxylic acid groups (broad SMARTS) is 1. The van der Waals surface area contributed by atoms with Gasteiger partial charge in [-0.25, -0.2) is 0 Å². The van der Waals surface area contributed by atoms with Crippen molar-refractivity contribution < 1.29 is 27.0 Å². The van der Waals surface area contributed by atoms with Gasteiger partial charge in [-0.15, -0.1) is 0 Å². The summed E-state index contributed by atoms with van der Waals surface area (Å²) in [5, 5.41) is 15.3. The number of para-hydroxylation sites is 2. The van der Waals surface area contributed by atoms with Gasteiger partial charge in [-0.05, 0) is 42.9 Å². The molecule has 0 saturated carbocycles. The van der Waals surface area contributed by atoms with E-state index in [4.69, 9.17) is 17.3 Å². The maximum Gasteiger partial charge on any atom is 0.303 e. The number of benzene rings is 2. The van der Waals surface area contributed by atoms with Crippen LogP contribution in [0, 0.1) is 0 Å². The van der Waals surface area contributed by atoms with Crippen molar-refractivity contribution in [2.75, 3.05) is 10.6 Å². The molecule has 2 rings (SSSR count). The molecule has 1 radical (unpaired) electrons. The van der Waals surface area contributed by atoms with E-state index >= 15 is 0 Å². The summed E-state index contributed by atoms with van der Waals surface area (Å²) in [6.45, 7) is 2.27. The molecule has 0 amide bonds. The Bertz CT molecular complexity index is 747. The van der Waals surface area contributed by atoms with Crippen molar-refractivity contribution in [2.24, 2.45) is 0 Å². The van der Waals surface area contributed by atoms with Crippen LogP contribution < -0.4 is 10.6 Å². The van der Waals surface area contributed by atoms with Crippen LogP contribution in [0.3, 0.4) is 0 Å². The van der Waals surface area contributed by atoms with Crippen LogP contribution in [-0.2, 0) is 21.9 Å². The van der Waals surface area contributed by atoms with Gasteiger partial charge in [0, 0.05) is 34.9 Å². The first-order valence-electron chi connectivity index (χ1n) is 14.0. The molecule has 6 heteroatoms. The van der Waals surface area contributed by atoms with E-state index in [9.17, 15) is 4.79 Å². The molecule has 0 aliphatic carbocycles. The van der Waals surface area contributed by atoms with Crippen molar-refractivity contribution >= 4 is 34.7 Å². The second kappa shape index (κ2) is 25.8. The van der Waals surface area contributed by atoms with Gasteiger partial charge in [-0.1, -0.05) is 133 Å². The van der Waals surface area contributed by atoms with Gasteiger partial charge in [0.1, 0.15) is 0 Å². The van der Waals surface area contributed by atoms with Gasteiger partial charge in [0.25, 0.3) is 0 Å². The number of rotatable bonds is 18. The molecular weight excluding hydrogens is 528 g/mol. The predicted octanol–water partition coefficient (Wildman–Crippen LogP) is 9.83. The molecule has 0 aromatic heterocycles. The number of unbranched alkanes of at least 4 members (excludes halogenated alkanes) is 14. The third kappa shape index (κ3) is 23.0. The van der Waals surface area contributed by atoms with E-state index in [1.807, 2.05) is 60.7 Å². The van der Waals surface area contributed by atoms with E-state index < -0.39 is 5.97 Å². The van der Waals surface area contributed by atoms with Crippen molar-refractivity contribution in [1.29, 1.82) is 0 Å². The smallest absolute Gasteiger partial charge is 0.303 e. The Morgan fingerprint density at radius 2 is 0.946 bits per heavy atom. The topological polar surface area (TPSA) is 61.4 Å². The first kappa shape index (κ1) is 35.1. The van der Waals surface area contributed by atoms with Crippen LogP contribution in [0.2, 0.25) is 0 Å². The van der Waals surface area contributed by atoms with Gasteiger partial charge in [0.15, 0.2) is 5.11 Å². The number of hydrogen-bond donors (Lipinski definition) is 3. The first-order chi connectivity index (χ1) is 17.6. The number of carboxylic acids is 1. The molecule has 0 aliphatic rings. The fraction of sp³-hybridized carbons (Fsp3) is 0.548. The molecule has 3 N–H and O–H groups in total. The number of thiocarbonyl (C=S) groups is 1. The molecule has 0 spiro atoms. The van der Waals surface area contributed by atoms with Crippen molar-refractivity contribution in [1.82, 2.24) is 0 Å². The summed E-state index contributed by atoms with van der Waals surface area (Å²) in [5.41, 5.74) is 1.96. The molecule has 0 aliphatic heterocycles. The summed E-state index contributed by atoms with van der Waals surface area (Å²) < 4.78 is 0. The number of hydrogen-bond acceptors (Lipinski definition) is 2. The number of aliphatic carboxylic acids is 1. The molecule has 2 aromatic carbocycles. The largest absolute Gasteiger partial charge is 0.481 e. The minimum Gasteiger partial charge on any atom is -0.481 e. The summed E-state index contributed by atoms with van der Waals surface area (Å²) in [7, 11) is 0. The summed E-state index contributed by atoms with van der Waals surface area (Å²) in [4.78, 5) is 10.3. The standard InChI is InChI=1S/C18H36O2.C13H12N2S.Cu/c1-2-3-4-5-6-7-8-9-10-11-12-13-14-15-16-17-18(19)20;16-13(14-11-7-3-1-4-8-11)15-12-9-5-2-6-10-12;/h2-17H2,1H3,(H,19,20);1-10H,(H2,14,15,16);. The van der Waals surface area contributed by atoms with Crippen molar-refractivity contribution in [2.45, 2.75) is 110 Å². The van der Waals surface area contributed by atoms with Crippen LogP contribution in [0.4, 0.5) is 11.4 Å². The Hall–Kier alpha value is -1.88. The van der Waals surface area contributed by atoms with E-state index in [0.717, 1.165) is 24.2 Å². The Labute approximate surface area is 241 Å². The second-order valence-corrected chi connectivity index (χ2v) is 9.81. The normalized spacial score (nSPS) is 9.97. The quantitative estimate of drug-likeness (QED) is 0.0937. The molecule has 0 bridgehead atoms. The van der Waals surface area contributed by atoms with E-state index in [-0.39, 0.29) is 17.1 Å². The third-order valence-corrected chi connectivity index (χ3v) is 6.26. The van der Waals surface area contributed by atoms with E-state index in [1.54, 1.807) is 0 Å². The van der Waals surface area contributed by atoms with Crippen molar-refractivity contribution in [3.8, 4) is 0 Å². The van der Waals surface area contributed by atoms with Crippen LogP contribution in [0.25, 0.3) is 0 Å². The summed E-state index contributed by atoms with van der Waals surface area (Å²) in [5.74, 6) is -0.653. The van der Waals surface area contributed by atoms with Crippen molar-refractivity contribution in [3.05, 3.63) is 60.7 Å². The predicted molar refractivity (Wildman–Crippen MR) is 160 cm³/mol. The minimum atomic E-state index is -0.653. The molecule has 0 saturated heterocycles. The number of nitrogens with one attached hydrogen (secondary N) is 2. The Morgan fingerprint density at radius 3 is 1.27 bits per heavy atom. The molecule has 4 nitrogen and oxygen atoms in total. The van der Waals surface area contributed by atoms with Gasteiger partial charge in [-0.3, -0.25) is 4.79 Å². The van der Waals surface area contributed by atoms with E-state index in [0.29, 0.717) is 11.5 Å². The number of anilines is 2. The Morgan fingerprint density at radius 1 is 0.622 bits per heavy atom. The summed E-state index contributed by atoms with van der Waals surface area (Å²) >= 11 is 5.20. The molecule has 0 unspecified atom stereocenters. The van der Waals surface area contributed by atoms with Gasteiger partial charge < -0.3 is 15.7 Å². The molecule has 211 valence electrons. The molecule has 0 fully saturated rings. The summed E-state index contributed by atoms with van der Waals surface area (Å²) in [6.07, 6.45) is 20.2. The van der Waals surface area contributed by atoms with Crippen LogP contribution >= 0.6 is 12.2 Å². The van der Waals surface area contributed by atoms with Gasteiger partial charge in [0.05, 0.1) is 0 Å². The fourth-order valence-electron chi connectivity index (χ4n) is 3.98. The maximum atomic E-state index is 10.3. The van der Waals surface area contributed by atoms with E-state index in [1.165, 1.54) is 83.5 Å². The Kier molecular flexibility index (Phi) is 24.4. The summed E-state index contributed by atoms with van der Waals surface area (Å²) in [6, 6.07) is 19.7. The van der Waals surface area contributed by atoms with Gasteiger partial charge in [0.2, 0.25) is 0 Å². The zero-order chi connectivity index (χ0) is 26.1. The van der Waals surface area contributed by atoms with Gasteiger partial charge in [-0.2, -0.15) is 0 Å². The first-order valence-corrected chi connectivity index (χ1v) is 14.4. The van der Waals surface area contributed by atoms with Crippen LogP contribution in [0.5, 0.6) is 0 Å². The van der Waals surface area contributed by atoms with Crippen molar-refractivity contribution in [3.63, 3.8) is 0 Å². The van der Waals surface area contributed by atoms with Crippen LogP contribution in [0.1, 0.15) is 110 Å². The van der Waals surface area contributed by atoms with Crippen LogP contribution in [-0.4, -0.2) is 16.2 Å². The second-order valence-electron chi connectivity index (χ2n) is 9.40. The molecule has 0 heterocycles. The maximum absolute atomic E-state index is 10.3. The third-order valence-electron chi connectivity index (χ3n) is 6.06. The van der Waals surface area contributed by atoms with E-state index in [2.05, 4.69) is 17.6 Å². The SMILES string of the molecule is CCCCCCCCCCCCCCCCCC(=O)O.S=C(Nc1ccccc1)Nc1ccccc1.[Cu]. The zero-order valence-electron chi connectivity index (χ0n) is 22.7. The zero-order valence-corrected chi connectivity index (χ0v) is 24.4. The number of carbonyl (C=O) groups is 1. The molecule has 0 atom stereocenters. The monoisotopic (exact) mass is 575 g/mol.